The Kier molecular flexibility index (Phi) is 4.98. The third-order valence-electron chi connectivity index (χ3n) is 2.15. The standard InChI is InChI=1S/C11H20N4O/c1-9(2)12-5-4-11(16)13-6-10-7-14-15(3)8-10/h7-9,12H,4-6H2,1-3H3,(H,13,16). The minimum Gasteiger partial charge on any atom is -0.352 e. The summed E-state index contributed by atoms with van der Waals surface area (Å²) in [6.45, 7) is 5.39. The summed E-state index contributed by atoms with van der Waals surface area (Å²) >= 11 is 0. The van der Waals surface area contributed by atoms with Crippen LogP contribution in [0.2, 0.25) is 0 Å². The largest absolute Gasteiger partial charge is 0.352 e. The zero-order chi connectivity index (χ0) is 12.0. The Labute approximate surface area is 96.2 Å². The van der Waals surface area contributed by atoms with E-state index in [0.29, 0.717) is 19.0 Å². The van der Waals surface area contributed by atoms with Crippen molar-refractivity contribution in [2.75, 3.05) is 6.54 Å². The smallest absolute Gasteiger partial charge is 0.221 e. The number of aryl methyl sites for hydroxylation is 1. The highest BCUT2D eigenvalue weighted by atomic mass is 16.1. The van der Waals surface area contributed by atoms with Crippen molar-refractivity contribution in [1.82, 2.24) is 20.4 Å². The second-order valence-corrected chi connectivity index (χ2v) is 4.16. The van der Waals surface area contributed by atoms with Crippen molar-refractivity contribution in [3.63, 3.8) is 0 Å². The molecule has 0 saturated heterocycles. The molecule has 0 aliphatic heterocycles. The van der Waals surface area contributed by atoms with E-state index in [1.807, 2.05) is 13.2 Å². The van der Waals surface area contributed by atoms with Crippen LogP contribution in [0.4, 0.5) is 0 Å². The van der Waals surface area contributed by atoms with Gasteiger partial charge in [0.05, 0.1) is 6.20 Å². The summed E-state index contributed by atoms with van der Waals surface area (Å²) in [6.07, 6.45) is 4.16. The molecule has 1 aromatic rings. The molecule has 16 heavy (non-hydrogen) atoms. The van der Waals surface area contributed by atoms with Gasteiger partial charge in [-0.1, -0.05) is 13.8 Å². The van der Waals surface area contributed by atoms with Crippen molar-refractivity contribution in [3.8, 4) is 0 Å². The SMILES string of the molecule is CC(C)NCCC(=O)NCc1cnn(C)c1. The van der Waals surface area contributed by atoms with Crippen molar-refractivity contribution in [2.45, 2.75) is 32.9 Å². The summed E-state index contributed by atoms with van der Waals surface area (Å²) in [7, 11) is 1.86. The summed E-state index contributed by atoms with van der Waals surface area (Å²) in [5, 5.41) is 10.1. The number of rotatable bonds is 6. The van der Waals surface area contributed by atoms with Crippen LogP contribution in [0.5, 0.6) is 0 Å². The Morgan fingerprint density at radius 1 is 1.56 bits per heavy atom. The van der Waals surface area contributed by atoms with E-state index in [1.54, 1.807) is 10.9 Å². The number of nitrogens with zero attached hydrogens (tertiary/aromatic N) is 2. The molecule has 90 valence electrons. The predicted octanol–water partition coefficient (Wildman–Crippen LogP) is 0.424. The fourth-order valence-electron chi connectivity index (χ4n) is 1.33. The molecule has 2 N–H and O–H groups in total. The lowest BCUT2D eigenvalue weighted by Crippen LogP contribution is -2.30. The van der Waals surface area contributed by atoms with E-state index in [-0.39, 0.29) is 5.91 Å². The third-order valence-corrected chi connectivity index (χ3v) is 2.15. The minimum atomic E-state index is 0.0667. The van der Waals surface area contributed by atoms with Crippen molar-refractivity contribution >= 4 is 5.91 Å². The molecule has 0 spiro atoms. The summed E-state index contributed by atoms with van der Waals surface area (Å²) in [6, 6.07) is 0.422. The van der Waals surface area contributed by atoms with Crippen LogP contribution in [0, 0.1) is 0 Å². The van der Waals surface area contributed by atoms with Crippen LogP contribution in [-0.4, -0.2) is 28.3 Å². The molecule has 1 amide bonds. The van der Waals surface area contributed by atoms with Gasteiger partial charge in [0.2, 0.25) is 5.91 Å². The van der Waals surface area contributed by atoms with Gasteiger partial charge in [-0.15, -0.1) is 0 Å². The predicted molar refractivity (Wildman–Crippen MR) is 62.8 cm³/mol. The van der Waals surface area contributed by atoms with E-state index in [4.69, 9.17) is 0 Å². The van der Waals surface area contributed by atoms with Gasteiger partial charge in [-0.25, -0.2) is 0 Å². The molecule has 1 aromatic heterocycles. The van der Waals surface area contributed by atoms with Crippen LogP contribution in [0.15, 0.2) is 12.4 Å². The quantitative estimate of drug-likeness (QED) is 0.736. The first-order valence-corrected chi connectivity index (χ1v) is 5.55. The van der Waals surface area contributed by atoms with Gasteiger partial charge in [0.25, 0.3) is 0 Å². The number of hydrogen-bond acceptors (Lipinski definition) is 3. The third kappa shape index (κ3) is 4.93. The van der Waals surface area contributed by atoms with Crippen molar-refractivity contribution in [1.29, 1.82) is 0 Å². The van der Waals surface area contributed by atoms with Gasteiger partial charge in [-0.3, -0.25) is 9.48 Å². The minimum absolute atomic E-state index is 0.0667. The summed E-state index contributed by atoms with van der Waals surface area (Å²) in [5.41, 5.74) is 1.02. The van der Waals surface area contributed by atoms with E-state index in [2.05, 4.69) is 29.6 Å². The molecule has 0 aliphatic carbocycles. The second-order valence-electron chi connectivity index (χ2n) is 4.16. The topological polar surface area (TPSA) is 59.0 Å². The number of amides is 1. The normalized spacial score (nSPS) is 10.8. The molecule has 0 aromatic carbocycles. The molecular formula is C11H20N4O. The number of hydrogen-bond donors (Lipinski definition) is 2. The maximum Gasteiger partial charge on any atom is 0.221 e. The summed E-state index contributed by atoms with van der Waals surface area (Å²) < 4.78 is 1.72. The second kappa shape index (κ2) is 6.27. The highest BCUT2D eigenvalue weighted by molar-refractivity contribution is 5.76. The van der Waals surface area contributed by atoms with Gasteiger partial charge in [0, 0.05) is 44.4 Å². The van der Waals surface area contributed by atoms with Crippen LogP contribution >= 0.6 is 0 Å². The molecule has 1 heterocycles. The Morgan fingerprint density at radius 2 is 2.31 bits per heavy atom. The molecule has 0 fully saturated rings. The van der Waals surface area contributed by atoms with Crippen LogP contribution in [0.25, 0.3) is 0 Å². The Bertz CT molecular complexity index is 332. The molecule has 5 nitrogen and oxygen atoms in total. The Morgan fingerprint density at radius 3 is 2.88 bits per heavy atom. The number of carbonyl (C=O) groups excluding carboxylic acids is 1. The number of carbonyl (C=O) groups is 1. The van der Waals surface area contributed by atoms with Gasteiger partial charge >= 0.3 is 0 Å². The molecule has 0 radical (unpaired) electrons. The number of aromatic nitrogens is 2. The van der Waals surface area contributed by atoms with Gasteiger partial charge in [-0.2, -0.15) is 5.10 Å². The van der Waals surface area contributed by atoms with E-state index in [1.165, 1.54) is 0 Å². The summed E-state index contributed by atoms with van der Waals surface area (Å²) in [4.78, 5) is 11.4. The zero-order valence-electron chi connectivity index (χ0n) is 10.2. The van der Waals surface area contributed by atoms with Gasteiger partial charge in [0.1, 0.15) is 0 Å². The van der Waals surface area contributed by atoms with Crippen LogP contribution in [0.1, 0.15) is 25.8 Å². The summed E-state index contributed by atoms with van der Waals surface area (Å²) in [5.74, 6) is 0.0667. The molecule has 0 saturated carbocycles. The lowest BCUT2D eigenvalue weighted by atomic mass is 10.3. The van der Waals surface area contributed by atoms with Gasteiger partial charge in [-0.05, 0) is 0 Å². The molecule has 0 unspecified atom stereocenters. The first-order valence-electron chi connectivity index (χ1n) is 5.55. The average molecular weight is 224 g/mol. The molecule has 0 atom stereocenters. The fraction of sp³-hybridized carbons (Fsp3) is 0.636. The van der Waals surface area contributed by atoms with Crippen molar-refractivity contribution < 1.29 is 4.79 Å². The van der Waals surface area contributed by atoms with Crippen molar-refractivity contribution in [2.24, 2.45) is 7.05 Å². The maximum atomic E-state index is 11.4. The lowest BCUT2D eigenvalue weighted by molar-refractivity contribution is -0.121. The first-order chi connectivity index (χ1) is 7.58. The van der Waals surface area contributed by atoms with E-state index >= 15 is 0 Å². The first kappa shape index (κ1) is 12.7. The van der Waals surface area contributed by atoms with E-state index in [9.17, 15) is 4.79 Å². The fourth-order valence-corrected chi connectivity index (χ4v) is 1.33. The van der Waals surface area contributed by atoms with Gasteiger partial charge in [0.15, 0.2) is 0 Å². The number of nitrogens with one attached hydrogen (secondary N) is 2. The maximum absolute atomic E-state index is 11.4. The molecule has 0 bridgehead atoms. The van der Waals surface area contributed by atoms with Crippen LogP contribution < -0.4 is 10.6 Å². The Balaban J connectivity index is 2.15. The monoisotopic (exact) mass is 224 g/mol. The lowest BCUT2D eigenvalue weighted by Gasteiger charge is -2.07. The molecule has 1 rings (SSSR count). The molecule has 5 heteroatoms. The molecule has 0 aliphatic rings. The Hall–Kier alpha value is -1.36. The average Bonchev–Trinajstić information content (AvgIpc) is 2.61. The highest BCUT2D eigenvalue weighted by Gasteiger charge is 2.02. The van der Waals surface area contributed by atoms with Crippen LogP contribution in [-0.2, 0) is 18.4 Å². The zero-order valence-corrected chi connectivity index (χ0v) is 10.2. The van der Waals surface area contributed by atoms with Crippen LogP contribution in [0.3, 0.4) is 0 Å². The highest BCUT2D eigenvalue weighted by Crippen LogP contribution is 1.95. The molecular weight excluding hydrogens is 204 g/mol. The van der Waals surface area contributed by atoms with Crippen molar-refractivity contribution in [3.05, 3.63) is 18.0 Å². The van der Waals surface area contributed by atoms with E-state index < -0.39 is 0 Å². The van der Waals surface area contributed by atoms with E-state index in [0.717, 1.165) is 12.1 Å². The van der Waals surface area contributed by atoms with Gasteiger partial charge < -0.3 is 10.6 Å².